The van der Waals surface area contributed by atoms with Crippen LogP contribution in [0, 0.1) is 11.8 Å². The van der Waals surface area contributed by atoms with Crippen LogP contribution in [0.2, 0.25) is 0 Å². The minimum atomic E-state index is -0.851. The Kier molecular flexibility index (Phi) is 8.70. The van der Waals surface area contributed by atoms with Crippen molar-refractivity contribution in [3.8, 4) is 17.6 Å². The van der Waals surface area contributed by atoms with E-state index in [2.05, 4.69) is 33.1 Å². The molecule has 0 aromatic heterocycles. The summed E-state index contributed by atoms with van der Waals surface area (Å²) >= 11 is 3.55. The van der Waals surface area contributed by atoms with Crippen molar-refractivity contribution in [3.05, 3.63) is 64.1 Å². The van der Waals surface area contributed by atoms with E-state index in [0.717, 1.165) is 15.8 Å². The molecule has 0 fully saturated rings. The zero-order chi connectivity index (χ0) is 23.0. The van der Waals surface area contributed by atoms with Crippen molar-refractivity contribution in [2.45, 2.75) is 52.2 Å². The topological polar surface area (TPSA) is 58.6 Å². The molecule has 6 heteroatoms. The van der Waals surface area contributed by atoms with E-state index in [1.54, 1.807) is 7.11 Å². The van der Waals surface area contributed by atoms with Crippen molar-refractivity contribution in [2.24, 2.45) is 0 Å². The van der Waals surface area contributed by atoms with E-state index in [1.165, 1.54) is 4.90 Å². The van der Waals surface area contributed by atoms with Crippen molar-refractivity contribution in [2.75, 3.05) is 7.11 Å². The number of rotatable bonds is 6. The van der Waals surface area contributed by atoms with Gasteiger partial charge in [0.25, 0.3) is 5.91 Å². The number of benzene rings is 2. The van der Waals surface area contributed by atoms with Gasteiger partial charge in [-0.1, -0.05) is 59.1 Å². The Hall–Kier alpha value is -2.78. The van der Waals surface area contributed by atoms with Crippen LogP contribution in [0.4, 0.5) is 0 Å². The normalized spacial score (nSPS) is 11.7. The molecule has 2 aromatic carbocycles. The van der Waals surface area contributed by atoms with Gasteiger partial charge in [0.15, 0.2) is 0 Å². The smallest absolute Gasteiger partial charge is 0.299 e. The number of hydrogen-bond acceptors (Lipinski definition) is 3. The zero-order valence-electron chi connectivity index (χ0n) is 18.7. The third-order valence-electron chi connectivity index (χ3n) is 4.40. The van der Waals surface area contributed by atoms with Gasteiger partial charge in [0, 0.05) is 23.0 Å². The van der Waals surface area contributed by atoms with Gasteiger partial charge >= 0.3 is 0 Å². The molecule has 0 aliphatic heterocycles. The standard InChI is InChI=1S/C25H29BrN2O3/c1-6-7-12-22(29)28(17-18-13-15-19(31-5)16-14-18)23(24(30)27-25(2,3)4)20-10-8-9-11-21(20)26/h8-11,13-16,23H,6,17H2,1-5H3,(H,27,30). The summed E-state index contributed by atoms with van der Waals surface area (Å²) in [7, 11) is 1.60. The predicted molar refractivity (Wildman–Crippen MR) is 126 cm³/mol. The summed E-state index contributed by atoms with van der Waals surface area (Å²) in [6.45, 7) is 7.84. The minimum Gasteiger partial charge on any atom is -0.497 e. The molecule has 0 heterocycles. The van der Waals surface area contributed by atoms with Crippen LogP contribution in [-0.2, 0) is 16.1 Å². The molecule has 5 nitrogen and oxygen atoms in total. The van der Waals surface area contributed by atoms with E-state index in [9.17, 15) is 9.59 Å². The molecule has 2 aromatic rings. The summed E-state index contributed by atoms with van der Waals surface area (Å²) < 4.78 is 5.98. The monoisotopic (exact) mass is 484 g/mol. The number of nitrogens with zero attached hydrogens (tertiary/aromatic N) is 1. The van der Waals surface area contributed by atoms with Crippen molar-refractivity contribution < 1.29 is 14.3 Å². The molecule has 0 aliphatic carbocycles. The summed E-state index contributed by atoms with van der Waals surface area (Å²) in [5.74, 6) is 5.57. The lowest BCUT2D eigenvalue weighted by atomic mass is 10.0. The van der Waals surface area contributed by atoms with Gasteiger partial charge in [0.1, 0.15) is 11.8 Å². The Morgan fingerprint density at radius 2 is 1.77 bits per heavy atom. The van der Waals surface area contributed by atoms with Gasteiger partial charge in [-0.25, -0.2) is 0 Å². The zero-order valence-corrected chi connectivity index (χ0v) is 20.2. The van der Waals surface area contributed by atoms with Crippen molar-refractivity contribution in [1.29, 1.82) is 0 Å². The van der Waals surface area contributed by atoms with Crippen molar-refractivity contribution in [1.82, 2.24) is 10.2 Å². The van der Waals surface area contributed by atoms with Gasteiger partial charge in [-0.3, -0.25) is 9.59 Å². The molecule has 164 valence electrons. The number of amides is 2. The Bertz CT molecular complexity index is 969. The largest absolute Gasteiger partial charge is 0.497 e. The van der Waals surface area contributed by atoms with Crippen LogP contribution < -0.4 is 10.1 Å². The summed E-state index contributed by atoms with van der Waals surface area (Å²) in [5.41, 5.74) is 1.11. The molecule has 31 heavy (non-hydrogen) atoms. The molecule has 1 N–H and O–H groups in total. The van der Waals surface area contributed by atoms with Crippen LogP contribution in [0.3, 0.4) is 0 Å². The van der Waals surface area contributed by atoms with Crippen LogP contribution in [0.5, 0.6) is 5.75 Å². The molecule has 0 spiro atoms. The molecule has 0 saturated carbocycles. The van der Waals surface area contributed by atoms with Gasteiger partial charge in [0.05, 0.1) is 7.11 Å². The van der Waals surface area contributed by atoms with Gasteiger partial charge in [-0.2, -0.15) is 0 Å². The SMILES string of the molecule is CCC#CC(=O)N(Cc1ccc(OC)cc1)C(C(=O)NC(C)(C)C)c1ccccc1Br. The van der Waals surface area contributed by atoms with E-state index in [-0.39, 0.29) is 12.5 Å². The van der Waals surface area contributed by atoms with Gasteiger partial charge < -0.3 is 15.0 Å². The van der Waals surface area contributed by atoms with Crippen LogP contribution in [-0.4, -0.2) is 29.4 Å². The van der Waals surface area contributed by atoms with E-state index in [1.807, 2.05) is 76.2 Å². The summed E-state index contributed by atoms with van der Waals surface area (Å²) in [6, 6.07) is 14.0. The number of halogens is 1. The Labute approximate surface area is 193 Å². The number of ether oxygens (including phenoxy) is 1. The highest BCUT2D eigenvalue weighted by Gasteiger charge is 2.34. The molecule has 1 unspecified atom stereocenters. The van der Waals surface area contributed by atoms with E-state index < -0.39 is 17.5 Å². The molecule has 0 aliphatic rings. The number of nitrogens with one attached hydrogen (secondary N) is 1. The maximum absolute atomic E-state index is 13.4. The van der Waals surface area contributed by atoms with Crippen LogP contribution in [0.1, 0.15) is 51.3 Å². The molecule has 0 radical (unpaired) electrons. The van der Waals surface area contributed by atoms with E-state index in [4.69, 9.17) is 4.74 Å². The lowest BCUT2D eigenvalue weighted by Gasteiger charge is -2.33. The summed E-state index contributed by atoms with van der Waals surface area (Å²) in [5, 5.41) is 3.02. The lowest BCUT2D eigenvalue weighted by molar-refractivity contribution is -0.138. The third-order valence-corrected chi connectivity index (χ3v) is 5.13. The first kappa shape index (κ1) is 24.5. The van der Waals surface area contributed by atoms with Crippen LogP contribution >= 0.6 is 15.9 Å². The van der Waals surface area contributed by atoms with Crippen molar-refractivity contribution >= 4 is 27.7 Å². The Balaban J connectivity index is 2.56. The van der Waals surface area contributed by atoms with Gasteiger partial charge in [0.2, 0.25) is 5.91 Å². The second-order valence-electron chi connectivity index (χ2n) is 8.10. The molecule has 2 rings (SSSR count). The van der Waals surface area contributed by atoms with Gasteiger partial charge in [-0.05, 0) is 56.0 Å². The second kappa shape index (κ2) is 11.0. The quantitative estimate of drug-likeness (QED) is 0.595. The first-order valence-electron chi connectivity index (χ1n) is 10.1. The number of hydrogen-bond donors (Lipinski definition) is 1. The first-order valence-corrected chi connectivity index (χ1v) is 10.9. The van der Waals surface area contributed by atoms with E-state index >= 15 is 0 Å². The average Bonchev–Trinajstić information content (AvgIpc) is 2.72. The third kappa shape index (κ3) is 7.15. The molecular formula is C25H29BrN2O3. The molecule has 2 amide bonds. The van der Waals surface area contributed by atoms with E-state index in [0.29, 0.717) is 12.0 Å². The van der Waals surface area contributed by atoms with Crippen LogP contribution in [0.15, 0.2) is 53.0 Å². The first-order chi connectivity index (χ1) is 14.7. The summed E-state index contributed by atoms with van der Waals surface area (Å²) in [6.07, 6.45) is 0.552. The Morgan fingerprint density at radius 3 is 2.32 bits per heavy atom. The van der Waals surface area contributed by atoms with Gasteiger partial charge in [-0.15, -0.1) is 0 Å². The average molecular weight is 485 g/mol. The highest BCUT2D eigenvalue weighted by Crippen LogP contribution is 2.30. The molecule has 1 atom stereocenters. The van der Waals surface area contributed by atoms with Crippen molar-refractivity contribution in [3.63, 3.8) is 0 Å². The highest BCUT2D eigenvalue weighted by molar-refractivity contribution is 9.10. The Morgan fingerprint density at radius 1 is 1.13 bits per heavy atom. The fourth-order valence-corrected chi connectivity index (χ4v) is 3.53. The summed E-state index contributed by atoms with van der Waals surface area (Å²) in [4.78, 5) is 28.1. The second-order valence-corrected chi connectivity index (χ2v) is 8.95. The lowest BCUT2D eigenvalue weighted by Crippen LogP contribution is -2.49. The maximum Gasteiger partial charge on any atom is 0.299 e. The number of carbonyl (C=O) groups is 2. The highest BCUT2D eigenvalue weighted by atomic mass is 79.9. The maximum atomic E-state index is 13.4. The minimum absolute atomic E-state index is 0.227. The number of carbonyl (C=O) groups excluding carboxylic acids is 2. The number of methoxy groups -OCH3 is 1. The molecular weight excluding hydrogens is 456 g/mol. The molecule has 0 saturated heterocycles. The molecule has 0 bridgehead atoms. The predicted octanol–water partition coefficient (Wildman–Crippen LogP) is 4.86. The fourth-order valence-electron chi connectivity index (χ4n) is 3.03. The van der Waals surface area contributed by atoms with Crippen LogP contribution in [0.25, 0.3) is 0 Å². The fraction of sp³-hybridized carbons (Fsp3) is 0.360.